The van der Waals surface area contributed by atoms with Crippen LogP contribution in [0.1, 0.15) is 5.56 Å². The molecule has 2 amide bonds. The SMILES string of the molecule is CN(Cc1ccccc1)C(=O)C(=O)NCCN1CCOCC1. The minimum absolute atomic E-state index is 0.427. The van der Waals surface area contributed by atoms with Gasteiger partial charge in [0, 0.05) is 39.8 Å². The van der Waals surface area contributed by atoms with Gasteiger partial charge in [-0.3, -0.25) is 14.5 Å². The molecule has 0 radical (unpaired) electrons. The third kappa shape index (κ3) is 5.13. The highest BCUT2D eigenvalue weighted by Gasteiger charge is 2.18. The van der Waals surface area contributed by atoms with Crippen LogP contribution < -0.4 is 5.32 Å². The number of carbonyl (C=O) groups is 2. The first-order valence-corrected chi connectivity index (χ1v) is 7.54. The molecule has 6 nitrogen and oxygen atoms in total. The average Bonchev–Trinajstić information content (AvgIpc) is 2.56. The van der Waals surface area contributed by atoms with E-state index >= 15 is 0 Å². The summed E-state index contributed by atoms with van der Waals surface area (Å²) in [5.74, 6) is -1.06. The molecule has 6 heteroatoms. The number of rotatable bonds is 5. The molecule has 1 aromatic carbocycles. The van der Waals surface area contributed by atoms with Crippen molar-refractivity contribution in [2.45, 2.75) is 6.54 Å². The van der Waals surface area contributed by atoms with Gasteiger partial charge in [-0.15, -0.1) is 0 Å². The maximum Gasteiger partial charge on any atom is 0.311 e. The molecule has 0 saturated carbocycles. The van der Waals surface area contributed by atoms with Crippen molar-refractivity contribution in [2.75, 3.05) is 46.4 Å². The van der Waals surface area contributed by atoms with Gasteiger partial charge in [-0.2, -0.15) is 0 Å². The first-order chi connectivity index (χ1) is 10.7. The quantitative estimate of drug-likeness (QED) is 0.784. The lowest BCUT2D eigenvalue weighted by atomic mass is 10.2. The number of hydrogen-bond acceptors (Lipinski definition) is 4. The lowest BCUT2D eigenvalue weighted by Crippen LogP contribution is -2.45. The number of carbonyl (C=O) groups excluding carboxylic acids is 2. The van der Waals surface area contributed by atoms with Gasteiger partial charge >= 0.3 is 11.8 Å². The Hall–Kier alpha value is -1.92. The standard InChI is InChI=1S/C16H23N3O3/c1-18(13-14-5-3-2-4-6-14)16(21)15(20)17-7-8-19-9-11-22-12-10-19/h2-6H,7-13H2,1H3,(H,17,20). The van der Waals surface area contributed by atoms with Crippen molar-refractivity contribution in [3.05, 3.63) is 35.9 Å². The summed E-state index contributed by atoms with van der Waals surface area (Å²) in [6.07, 6.45) is 0. The second kappa shape index (κ2) is 8.51. The summed E-state index contributed by atoms with van der Waals surface area (Å²) in [6, 6.07) is 9.61. The minimum Gasteiger partial charge on any atom is -0.379 e. The monoisotopic (exact) mass is 305 g/mol. The normalized spacial score (nSPS) is 15.3. The third-order valence-corrected chi connectivity index (χ3v) is 3.62. The van der Waals surface area contributed by atoms with E-state index in [4.69, 9.17) is 4.74 Å². The molecule has 0 bridgehead atoms. The van der Waals surface area contributed by atoms with Crippen LogP contribution in [0.25, 0.3) is 0 Å². The van der Waals surface area contributed by atoms with E-state index < -0.39 is 11.8 Å². The zero-order valence-electron chi connectivity index (χ0n) is 13.0. The van der Waals surface area contributed by atoms with Crippen LogP contribution >= 0.6 is 0 Å². The van der Waals surface area contributed by atoms with Crippen LogP contribution in [0.3, 0.4) is 0 Å². The molecule has 1 saturated heterocycles. The van der Waals surface area contributed by atoms with E-state index in [0.717, 1.165) is 38.4 Å². The van der Waals surface area contributed by atoms with Crippen LogP contribution in [0.4, 0.5) is 0 Å². The van der Waals surface area contributed by atoms with E-state index in [0.29, 0.717) is 13.1 Å². The number of likely N-dealkylation sites (N-methyl/N-ethyl adjacent to an activating group) is 1. The molecule has 2 rings (SSSR count). The van der Waals surface area contributed by atoms with Gasteiger partial charge in [0.1, 0.15) is 0 Å². The van der Waals surface area contributed by atoms with Crippen LogP contribution in [0.2, 0.25) is 0 Å². The van der Waals surface area contributed by atoms with Gasteiger partial charge in [0.25, 0.3) is 0 Å². The topological polar surface area (TPSA) is 61.9 Å². The van der Waals surface area contributed by atoms with Crippen molar-refractivity contribution in [1.82, 2.24) is 15.1 Å². The zero-order chi connectivity index (χ0) is 15.8. The number of hydrogen-bond donors (Lipinski definition) is 1. The maximum atomic E-state index is 12.0. The van der Waals surface area contributed by atoms with E-state index in [1.54, 1.807) is 7.05 Å². The van der Waals surface area contributed by atoms with Crippen LogP contribution in [0.15, 0.2) is 30.3 Å². The Kier molecular flexibility index (Phi) is 6.36. The molecule has 1 aliphatic heterocycles. The Balaban J connectivity index is 1.70. The van der Waals surface area contributed by atoms with Crippen LogP contribution in [0.5, 0.6) is 0 Å². The van der Waals surface area contributed by atoms with Crippen molar-refractivity contribution >= 4 is 11.8 Å². The molecule has 1 aromatic rings. The summed E-state index contributed by atoms with van der Waals surface area (Å²) in [7, 11) is 1.64. The molecule has 22 heavy (non-hydrogen) atoms. The first kappa shape index (κ1) is 16.5. The molecular formula is C16H23N3O3. The fourth-order valence-electron chi connectivity index (χ4n) is 2.33. The smallest absolute Gasteiger partial charge is 0.311 e. The van der Waals surface area contributed by atoms with E-state index in [-0.39, 0.29) is 0 Å². The van der Waals surface area contributed by atoms with Crippen molar-refractivity contribution in [2.24, 2.45) is 0 Å². The van der Waals surface area contributed by atoms with Crippen molar-refractivity contribution < 1.29 is 14.3 Å². The molecule has 0 unspecified atom stereocenters. The van der Waals surface area contributed by atoms with Crippen molar-refractivity contribution in [1.29, 1.82) is 0 Å². The van der Waals surface area contributed by atoms with E-state index in [1.807, 2.05) is 30.3 Å². The van der Waals surface area contributed by atoms with E-state index in [1.165, 1.54) is 4.90 Å². The Morgan fingerprint density at radius 1 is 1.23 bits per heavy atom. The summed E-state index contributed by atoms with van der Waals surface area (Å²) in [6.45, 7) is 4.85. The lowest BCUT2D eigenvalue weighted by Gasteiger charge is -2.26. The Morgan fingerprint density at radius 3 is 2.59 bits per heavy atom. The average molecular weight is 305 g/mol. The Labute approximate surface area is 131 Å². The van der Waals surface area contributed by atoms with Gasteiger partial charge in [-0.25, -0.2) is 0 Å². The summed E-state index contributed by atoms with van der Waals surface area (Å²) in [4.78, 5) is 27.5. The van der Waals surface area contributed by atoms with Gasteiger partial charge in [0.05, 0.1) is 13.2 Å². The van der Waals surface area contributed by atoms with Crippen molar-refractivity contribution in [3.8, 4) is 0 Å². The number of ether oxygens (including phenoxy) is 1. The van der Waals surface area contributed by atoms with E-state index in [2.05, 4.69) is 10.2 Å². The van der Waals surface area contributed by atoms with E-state index in [9.17, 15) is 9.59 Å². The second-order valence-corrected chi connectivity index (χ2v) is 5.36. The number of nitrogens with one attached hydrogen (secondary N) is 1. The van der Waals surface area contributed by atoms with Gasteiger partial charge in [-0.1, -0.05) is 30.3 Å². The van der Waals surface area contributed by atoms with Gasteiger partial charge in [-0.05, 0) is 5.56 Å². The maximum absolute atomic E-state index is 12.0. The first-order valence-electron chi connectivity index (χ1n) is 7.54. The minimum atomic E-state index is -0.549. The second-order valence-electron chi connectivity index (χ2n) is 5.36. The van der Waals surface area contributed by atoms with Crippen LogP contribution in [-0.2, 0) is 20.9 Å². The molecule has 1 N–H and O–H groups in total. The molecule has 1 fully saturated rings. The largest absolute Gasteiger partial charge is 0.379 e. The fourth-order valence-corrected chi connectivity index (χ4v) is 2.33. The molecule has 0 aromatic heterocycles. The van der Waals surface area contributed by atoms with Crippen molar-refractivity contribution in [3.63, 3.8) is 0 Å². The molecule has 1 aliphatic rings. The highest BCUT2D eigenvalue weighted by molar-refractivity contribution is 6.34. The zero-order valence-corrected chi connectivity index (χ0v) is 13.0. The van der Waals surface area contributed by atoms with Gasteiger partial charge in [0.2, 0.25) is 0 Å². The lowest BCUT2D eigenvalue weighted by molar-refractivity contribution is -0.145. The van der Waals surface area contributed by atoms with Crippen LogP contribution in [-0.4, -0.2) is 68.1 Å². The summed E-state index contributed by atoms with van der Waals surface area (Å²) >= 11 is 0. The number of nitrogens with zero attached hydrogens (tertiary/aromatic N) is 2. The number of benzene rings is 1. The molecule has 1 heterocycles. The highest BCUT2D eigenvalue weighted by Crippen LogP contribution is 2.02. The summed E-state index contributed by atoms with van der Waals surface area (Å²) in [5, 5.41) is 2.68. The predicted octanol–water partition coefficient (Wildman–Crippen LogP) is 0.0934. The molecule has 120 valence electrons. The van der Waals surface area contributed by atoms with Crippen LogP contribution in [0, 0.1) is 0 Å². The third-order valence-electron chi connectivity index (χ3n) is 3.62. The van der Waals surface area contributed by atoms with Gasteiger partial charge in [0.15, 0.2) is 0 Å². The summed E-state index contributed by atoms with van der Waals surface area (Å²) < 4.78 is 5.26. The Morgan fingerprint density at radius 2 is 1.91 bits per heavy atom. The molecule has 0 atom stereocenters. The van der Waals surface area contributed by atoms with Gasteiger partial charge < -0.3 is 15.0 Å². The highest BCUT2D eigenvalue weighted by atomic mass is 16.5. The summed E-state index contributed by atoms with van der Waals surface area (Å²) in [5.41, 5.74) is 1.000. The number of morpholine rings is 1. The fraction of sp³-hybridized carbons (Fsp3) is 0.500. The number of amides is 2. The molecule has 0 aliphatic carbocycles. The Bertz CT molecular complexity index is 487. The molecule has 0 spiro atoms. The molecular weight excluding hydrogens is 282 g/mol. The predicted molar refractivity (Wildman–Crippen MR) is 83.2 cm³/mol.